The fraction of sp³-hybridized carbons (Fsp3) is 0.867. The second kappa shape index (κ2) is 7.91. The maximum atomic E-state index is 11.6. The average molecular weight is 299 g/mol. The van der Waals surface area contributed by atoms with Gasteiger partial charge in [0.25, 0.3) is 0 Å². The molecule has 1 atom stereocenters. The zero-order valence-corrected chi connectivity index (χ0v) is 14.3. The molecule has 0 aromatic rings. The van der Waals surface area contributed by atoms with Crippen LogP contribution >= 0.6 is 11.8 Å². The summed E-state index contributed by atoms with van der Waals surface area (Å²) in [5, 5.41) is 7.76. The highest BCUT2D eigenvalue weighted by Gasteiger charge is 2.24. The van der Waals surface area contributed by atoms with Crippen LogP contribution < -0.4 is 10.6 Å². The third-order valence-electron chi connectivity index (χ3n) is 2.89. The lowest BCUT2D eigenvalue weighted by Crippen LogP contribution is -2.31. The van der Waals surface area contributed by atoms with E-state index in [0.717, 1.165) is 18.3 Å². The zero-order chi connectivity index (χ0) is 15.2. The molecular weight excluding hydrogens is 270 g/mol. The summed E-state index contributed by atoms with van der Waals surface area (Å²) >= 11 is 1.81. The quantitative estimate of drug-likeness (QED) is 0.793. The maximum Gasteiger partial charge on any atom is 0.221 e. The van der Waals surface area contributed by atoms with Crippen molar-refractivity contribution < 1.29 is 4.79 Å². The smallest absolute Gasteiger partial charge is 0.221 e. The summed E-state index contributed by atoms with van der Waals surface area (Å²) in [7, 11) is 0. The maximum absolute atomic E-state index is 11.6. The van der Waals surface area contributed by atoms with Gasteiger partial charge in [-0.2, -0.15) is 0 Å². The first-order valence-electron chi connectivity index (χ1n) is 7.48. The molecule has 5 heteroatoms. The highest BCUT2D eigenvalue weighted by molar-refractivity contribution is 8.14. The molecule has 0 saturated heterocycles. The fourth-order valence-corrected chi connectivity index (χ4v) is 3.38. The lowest BCUT2D eigenvalue weighted by Gasteiger charge is -2.21. The second-order valence-electron chi connectivity index (χ2n) is 7.03. The van der Waals surface area contributed by atoms with Gasteiger partial charge in [-0.3, -0.25) is 9.79 Å². The van der Waals surface area contributed by atoms with E-state index in [1.165, 1.54) is 6.42 Å². The number of hydrogen-bond donors (Lipinski definition) is 2. The number of nitrogens with zero attached hydrogens (tertiary/aromatic N) is 1. The van der Waals surface area contributed by atoms with Crippen molar-refractivity contribution >= 4 is 22.8 Å². The van der Waals surface area contributed by atoms with Crippen molar-refractivity contribution in [3.63, 3.8) is 0 Å². The first-order valence-corrected chi connectivity index (χ1v) is 8.36. The average Bonchev–Trinajstić information content (AvgIpc) is 2.71. The lowest BCUT2D eigenvalue weighted by atomic mass is 9.90. The summed E-state index contributed by atoms with van der Waals surface area (Å²) in [6.45, 7) is 13.3. The number of hydrogen-bond acceptors (Lipinski definition) is 4. The van der Waals surface area contributed by atoms with E-state index >= 15 is 0 Å². The van der Waals surface area contributed by atoms with Gasteiger partial charge in [-0.15, -0.1) is 0 Å². The molecule has 1 aliphatic heterocycles. The predicted octanol–water partition coefficient (Wildman–Crippen LogP) is 2.65. The standard InChI is InChI=1S/C15H29N3OS/c1-11(2)9-17-13(19)6-7-16-14-18-10-12(20-14)8-15(3,4)5/h11-12H,6-10H2,1-5H3,(H,16,18)(H,17,19). The van der Waals surface area contributed by atoms with Crippen molar-refractivity contribution in [2.24, 2.45) is 16.3 Å². The molecule has 20 heavy (non-hydrogen) atoms. The van der Waals surface area contributed by atoms with Gasteiger partial charge in [0.2, 0.25) is 5.91 Å². The summed E-state index contributed by atoms with van der Waals surface area (Å²) in [4.78, 5) is 16.1. The molecular formula is C15H29N3OS. The van der Waals surface area contributed by atoms with E-state index in [2.05, 4.69) is 50.2 Å². The Morgan fingerprint density at radius 2 is 2.15 bits per heavy atom. The molecule has 1 unspecified atom stereocenters. The number of amidine groups is 1. The van der Waals surface area contributed by atoms with Crippen LogP contribution in [0.25, 0.3) is 0 Å². The highest BCUT2D eigenvalue weighted by atomic mass is 32.2. The van der Waals surface area contributed by atoms with E-state index in [1.54, 1.807) is 0 Å². The first-order chi connectivity index (χ1) is 9.26. The third kappa shape index (κ3) is 7.78. The van der Waals surface area contributed by atoms with E-state index in [9.17, 15) is 4.79 Å². The van der Waals surface area contributed by atoms with Crippen LogP contribution in [0.4, 0.5) is 0 Å². The van der Waals surface area contributed by atoms with Gasteiger partial charge in [0.05, 0.1) is 6.54 Å². The van der Waals surface area contributed by atoms with Crippen molar-refractivity contribution in [3.05, 3.63) is 0 Å². The number of carbonyl (C=O) groups is 1. The molecule has 0 aromatic heterocycles. The van der Waals surface area contributed by atoms with Gasteiger partial charge in [-0.1, -0.05) is 46.4 Å². The van der Waals surface area contributed by atoms with Crippen molar-refractivity contribution in [3.8, 4) is 0 Å². The molecule has 0 aliphatic carbocycles. The number of aliphatic imine (C=N–C) groups is 1. The summed E-state index contributed by atoms with van der Waals surface area (Å²) in [6, 6.07) is 0. The Hall–Kier alpha value is -0.710. The molecule has 1 amide bonds. The Morgan fingerprint density at radius 3 is 2.75 bits per heavy atom. The molecule has 1 aliphatic rings. The number of nitrogens with one attached hydrogen (secondary N) is 2. The van der Waals surface area contributed by atoms with Crippen molar-refractivity contribution in [1.29, 1.82) is 0 Å². The molecule has 4 nitrogen and oxygen atoms in total. The minimum Gasteiger partial charge on any atom is -0.364 e. The van der Waals surface area contributed by atoms with Crippen molar-refractivity contribution in [1.82, 2.24) is 10.6 Å². The second-order valence-corrected chi connectivity index (χ2v) is 8.31. The monoisotopic (exact) mass is 299 g/mol. The van der Waals surface area contributed by atoms with Gasteiger partial charge < -0.3 is 10.6 Å². The largest absolute Gasteiger partial charge is 0.364 e. The summed E-state index contributed by atoms with van der Waals surface area (Å²) in [5.74, 6) is 0.612. The Morgan fingerprint density at radius 1 is 1.45 bits per heavy atom. The van der Waals surface area contributed by atoms with Gasteiger partial charge in [-0.25, -0.2) is 0 Å². The minimum atomic E-state index is 0.112. The van der Waals surface area contributed by atoms with Gasteiger partial charge >= 0.3 is 0 Å². The minimum absolute atomic E-state index is 0.112. The molecule has 2 N–H and O–H groups in total. The van der Waals surface area contributed by atoms with E-state index in [0.29, 0.717) is 29.5 Å². The summed E-state index contributed by atoms with van der Waals surface area (Å²) < 4.78 is 0. The molecule has 116 valence electrons. The van der Waals surface area contributed by atoms with Crippen LogP contribution in [0.5, 0.6) is 0 Å². The van der Waals surface area contributed by atoms with E-state index in [4.69, 9.17) is 0 Å². The Kier molecular flexibility index (Phi) is 6.86. The van der Waals surface area contributed by atoms with Crippen LogP contribution in [-0.2, 0) is 4.79 Å². The SMILES string of the molecule is CC(C)CNC(=O)CCNC1=NCC(CC(C)(C)C)S1. The molecule has 0 aromatic carbocycles. The normalized spacial score (nSPS) is 19.1. The lowest BCUT2D eigenvalue weighted by molar-refractivity contribution is -0.121. The van der Waals surface area contributed by atoms with Crippen LogP contribution in [0.1, 0.15) is 47.5 Å². The Labute approximate surface area is 127 Å². The summed E-state index contributed by atoms with van der Waals surface area (Å²) in [6.07, 6.45) is 1.68. The molecule has 0 saturated carbocycles. The van der Waals surface area contributed by atoms with E-state index < -0.39 is 0 Å². The van der Waals surface area contributed by atoms with Crippen molar-refractivity contribution in [2.75, 3.05) is 19.6 Å². The number of rotatable bonds is 6. The Balaban J connectivity index is 2.13. The molecule has 1 rings (SSSR count). The van der Waals surface area contributed by atoms with Gasteiger partial charge in [-0.05, 0) is 17.8 Å². The number of amides is 1. The molecule has 0 fully saturated rings. The summed E-state index contributed by atoms with van der Waals surface area (Å²) in [5.41, 5.74) is 0.347. The highest BCUT2D eigenvalue weighted by Crippen LogP contribution is 2.31. The Bertz CT molecular complexity index is 348. The van der Waals surface area contributed by atoms with E-state index in [-0.39, 0.29) is 5.91 Å². The van der Waals surface area contributed by atoms with Gasteiger partial charge in [0, 0.05) is 24.8 Å². The first kappa shape index (κ1) is 17.3. The van der Waals surface area contributed by atoms with Crippen LogP contribution in [0.3, 0.4) is 0 Å². The zero-order valence-electron chi connectivity index (χ0n) is 13.5. The van der Waals surface area contributed by atoms with Crippen LogP contribution in [0, 0.1) is 11.3 Å². The molecule has 1 heterocycles. The molecule has 0 spiro atoms. The molecule has 0 radical (unpaired) electrons. The van der Waals surface area contributed by atoms with Crippen LogP contribution in [0.15, 0.2) is 4.99 Å². The molecule has 0 bridgehead atoms. The number of thioether (sulfide) groups is 1. The van der Waals surface area contributed by atoms with Gasteiger partial charge in [0.15, 0.2) is 5.17 Å². The predicted molar refractivity (Wildman–Crippen MR) is 88.2 cm³/mol. The topological polar surface area (TPSA) is 53.5 Å². The van der Waals surface area contributed by atoms with E-state index in [1.807, 2.05) is 11.8 Å². The number of carbonyl (C=O) groups excluding carboxylic acids is 1. The third-order valence-corrected chi connectivity index (χ3v) is 4.04. The fourth-order valence-electron chi connectivity index (χ4n) is 1.99. The van der Waals surface area contributed by atoms with Gasteiger partial charge in [0.1, 0.15) is 0 Å². The van der Waals surface area contributed by atoms with Crippen LogP contribution in [-0.4, -0.2) is 36.0 Å². The van der Waals surface area contributed by atoms with Crippen LogP contribution in [0.2, 0.25) is 0 Å². The van der Waals surface area contributed by atoms with Crippen molar-refractivity contribution in [2.45, 2.75) is 52.7 Å².